The molecule has 1 aromatic carbocycles. The summed E-state index contributed by atoms with van der Waals surface area (Å²) in [5.74, 6) is 4.76. The average Bonchev–Trinajstić information content (AvgIpc) is 2.41. The molecule has 98 valence electrons. The highest BCUT2D eigenvalue weighted by Crippen LogP contribution is 2.12. The third-order valence-electron chi connectivity index (χ3n) is 2.92. The van der Waals surface area contributed by atoms with E-state index in [1.54, 1.807) is 0 Å². The number of carbonyl (C=O) groups is 1. The third kappa shape index (κ3) is 3.43. The molecule has 4 N–H and O–H groups in total. The molecular weight excluding hydrogens is 254 g/mol. The van der Waals surface area contributed by atoms with Gasteiger partial charge in [0.25, 0.3) is 5.91 Å². The molecule has 1 aliphatic heterocycles. The smallest absolute Gasteiger partial charge is 0.264 e. The molecule has 0 aliphatic carbocycles. The summed E-state index contributed by atoms with van der Waals surface area (Å²) in [7, 11) is 0. The molecule has 18 heavy (non-hydrogen) atoms. The molecule has 1 heterocycles. The van der Waals surface area contributed by atoms with Gasteiger partial charge in [0, 0.05) is 17.6 Å². The molecule has 2 rings (SSSR count). The van der Waals surface area contributed by atoms with Crippen LogP contribution in [0.1, 0.15) is 5.56 Å². The van der Waals surface area contributed by atoms with Crippen LogP contribution in [0.3, 0.4) is 0 Å². The Morgan fingerprint density at radius 1 is 1.50 bits per heavy atom. The van der Waals surface area contributed by atoms with Gasteiger partial charge in [0.2, 0.25) is 0 Å². The minimum absolute atomic E-state index is 0.202. The van der Waals surface area contributed by atoms with E-state index in [1.807, 2.05) is 24.3 Å². The van der Waals surface area contributed by atoms with E-state index in [0.29, 0.717) is 13.2 Å². The van der Waals surface area contributed by atoms with Crippen molar-refractivity contribution in [1.29, 1.82) is 0 Å². The van der Waals surface area contributed by atoms with Gasteiger partial charge in [-0.2, -0.15) is 0 Å². The van der Waals surface area contributed by atoms with Gasteiger partial charge in [-0.15, -0.1) is 0 Å². The zero-order chi connectivity index (χ0) is 13.0. The van der Waals surface area contributed by atoms with Crippen molar-refractivity contribution >= 4 is 17.5 Å². The maximum Gasteiger partial charge on any atom is 0.264 e. The maximum absolute atomic E-state index is 11.3. The van der Waals surface area contributed by atoms with Gasteiger partial charge in [-0.05, 0) is 24.1 Å². The number of hydrazine groups is 1. The largest absolute Gasteiger partial charge is 0.365 e. The lowest BCUT2D eigenvalue weighted by Crippen LogP contribution is -2.54. The molecule has 0 aromatic heterocycles. The summed E-state index contributed by atoms with van der Waals surface area (Å²) < 4.78 is 5.46. The fourth-order valence-electron chi connectivity index (χ4n) is 1.92. The molecule has 1 aromatic rings. The van der Waals surface area contributed by atoms with Crippen molar-refractivity contribution in [3.8, 4) is 0 Å². The highest BCUT2D eigenvalue weighted by atomic mass is 35.5. The first kappa shape index (κ1) is 13.3. The Hall–Kier alpha value is -1.14. The predicted molar refractivity (Wildman–Crippen MR) is 69.0 cm³/mol. The number of benzene rings is 1. The zero-order valence-electron chi connectivity index (χ0n) is 9.86. The van der Waals surface area contributed by atoms with Crippen molar-refractivity contribution in [2.75, 3.05) is 13.2 Å². The molecule has 6 heteroatoms. The highest BCUT2D eigenvalue weighted by Gasteiger charge is 2.25. The number of hydrogen-bond donors (Lipinski definition) is 3. The minimum atomic E-state index is -0.503. The van der Waals surface area contributed by atoms with Gasteiger partial charge in [0.15, 0.2) is 0 Å². The Labute approximate surface area is 111 Å². The monoisotopic (exact) mass is 269 g/mol. The number of nitrogens with two attached hydrogens (primary N) is 1. The van der Waals surface area contributed by atoms with Crippen LogP contribution in [0, 0.1) is 0 Å². The third-order valence-corrected chi connectivity index (χ3v) is 3.17. The summed E-state index contributed by atoms with van der Waals surface area (Å²) >= 11 is 5.83. The van der Waals surface area contributed by atoms with Crippen LogP contribution in [0.4, 0.5) is 0 Å². The number of rotatable bonds is 3. The molecule has 0 unspecified atom stereocenters. The first-order valence-corrected chi connectivity index (χ1v) is 6.16. The second kappa shape index (κ2) is 6.15. The molecular formula is C12H16ClN3O2. The fourth-order valence-corrected chi connectivity index (χ4v) is 2.05. The van der Waals surface area contributed by atoms with Gasteiger partial charge in [-0.3, -0.25) is 10.2 Å². The van der Waals surface area contributed by atoms with Gasteiger partial charge >= 0.3 is 0 Å². The molecule has 0 bridgehead atoms. The quantitative estimate of drug-likeness (QED) is 0.417. The fraction of sp³-hybridized carbons (Fsp3) is 0.417. The molecule has 5 nitrogen and oxygen atoms in total. The Balaban J connectivity index is 1.83. The number of carbonyl (C=O) groups excluding carboxylic acids is 1. The Morgan fingerprint density at radius 3 is 2.78 bits per heavy atom. The standard InChI is InChI=1S/C12H16ClN3O2/c13-9-3-1-8(2-4-9)5-10-7-18-11(6-15-10)12(17)16-14/h1-4,10-11,15H,5-7,14H2,(H,16,17)/t10-,11+/m0/s1. The van der Waals surface area contributed by atoms with Gasteiger partial charge in [-0.1, -0.05) is 23.7 Å². The van der Waals surface area contributed by atoms with Crippen molar-refractivity contribution in [2.45, 2.75) is 18.6 Å². The van der Waals surface area contributed by atoms with E-state index in [1.165, 1.54) is 5.56 Å². The van der Waals surface area contributed by atoms with Crippen molar-refractivity contribution < 1.29 is 9.53 Å². The van der Waals surface area contributed by atoms with Crippen LogP contribution >= 0.6 is 11.6 Å². The minimum Gasteiger partial charge on any atom is -0.365 e. The average molecular weight is 270 g/mol. The summed E-state index contributed by atoms with van der Waals surface area (Å²) in [4.78, 5) is 11.3. The summed E-state index contributed by atoms with van der Waals surface area (Å²) in [6.45, 7) is 0.960. The molecule has 1 amide bonds. The summed E-state index contributed by atoms with van der Waals surface area (Å²) in [5.41, 5.74) is 3.27. The SMILES string of the molecule is NNC(=O)[C@H]1CN[C@@H](Cc2ccc(Cl)cc2)CO1. The number of morpholine rings is 1. The van der Waals surface area contributed by atoms with E-state index in [9.17, 15) is 4.79 Å². The molecule has 2 atom stereocenters. The van der Waals surface area contributed by atoms with Crippen molar-refractivity contribution in [3.05, 3.63) is 34.9 Å². The van der Waals surface area contributed by atoms with E-state index >= 15 is 0 Å². The normalized spacial score (nSPS) is 23.7. The molecule has 1 aliphatic rings. The Kier molecular flexibility index (Phi) is 4.54. The number of hydrogen-bond acceptors (Lipinski definition) is 4. The van der Waals surface area contributed by atoms with E-state index in [2.05, 4.69) is 10.7 Å². The summed E-state index contributed by atoms with van der Waals surface area (Å²) in [6, 6.07) is 7.91. The van der Waals surface area contributed by atoms with Crippen LogP contribution in [-0.2, 0) is 16.0 Å². The van der Waals surface area contributed by atoms with Crippen LogP contribution in [-0.4, -0.2) is 31.2 Å². The number of ether oxygens (including phenoxy) is 1. The lowest BCUT2D eigenvalue weighted by molar-refractivity contribution is -0.135. The van der Waals surface area contributed by atoms with Gasteiger partial charge in [0.05, 0.1) is 6.61 Å². The number of amides is 1. The number of halogens is 1. The van der Waals surface area contributed by atoms with Gasteiger partial charge in [0.1, 0.15) is 6.10 Å². The summed E-state index contributed by atoms with van der Waals surface area (Å²) in [6.07, 6.45) is 0.338. The first-order valence-electron chi connectivity index (χ1n) is 5.79. The van der Waals surface area contributed by atoms with E-state index in [0.717, 1.165) is 11.4 Å². The molecule has 1 saturated heterocycles. The molecule has 1 fully saturated rings. The molecule has 0 spiro atoms. The topological polar surface area (TPSA) is 76.4 Å². The molecule has 0 saturated carbocycles. The zero-order valence-corrected chi connectivity index (χ0v) is 10.6. The van der Waals surface area contributed by atoms with E-state index in [-0.39, 0.29) is 11.9 Å². The van der Waals surface area contributed by atoms with Crippen LogP contribution in [0.25, 0.3) is 0 Å². The highest BCUT2D eigenvalue weighted by molar-refractivity contribution is 6.30. The van der Waals surface area contributed by atoms with Crippen LogP contribution in [0.15, 0.2) is 24.3 Å². The van der Waals surface area contributed by atoms with E-state index in [4.69, 9.17) is 22.2 Å². The lowest BCUT2D eigenvalue weighted by atomic mass is 10.1. The van der Waals surface area contributed by atoms with Crippen LogP contribution in [0.2, 0.25) is 5.02 Å². The Bertz CT molecular complexity index is 402. The summed E-state index contributed by atoms with van der Waals surface area (Å²) in [5, 5.41) is 4.00. The lowest BCUT2D eigenvalue weighted by Gasteiger charge is -2.29. The van der Waals surface area contributed by atoms with Crippen molar-refractivity contribution in [1.82, 2.24) is 10.7 Å². The second-order valence-corrected chi connectivity index (χ2v) is 4.70. The first-order chi connectivity index (χ1) is 8.69. The Morgan fingerprint density at radius 2 is 2.22 bits per heavy atom. The predicted octanol–water partition coefficient (Wildman–Crippen LogP) is 0.229. The van der Waals surface area contributed by atoms with Crippen LogP contribution in [0.5, 0.6) is 0 Å². The van der Waals surface area contributed by atoms with Gasteiger partial charge in [-0.25, -0.2) is 5.84 Å². The molecule has 0 radical (unpaired) electrons. The van der Waals surface area contributed by atoms with Crippen LogP contribution < -0.4 is 16.6 Å². The number of nitrogens with one attached hydrogen (secondary N) is 2. The maximum atomic E-state index is 11.3. The van der Waals surface area contributed by atoms with Crippen molar-refractivity contribution in [3.63, 3.8) is 0 Å². The van der Waals surface area contributed by atoms with E-state index < -0.39 is 6.10 Å². The second-order valence-electron chi connectivity index (χ2n) is 4.27. The van der Waals surface area contributed by atoms with Gasteiger partial charge < -0.3 is 10.1 Å². The van der Waals surface area contributed by atoms with Crippen molar-refractivity contribution in [2.24, 2.45) is 5.84 Å².